The number of carbonyl (C=O) groups excluding carboxylic acids is 2. The molecule has 1 saturated carbocycles. The van der Waals surface area contributed by atoms with Crippen molar-refractivity contribution in [3.63, 3.8) is 0 Å². The van der Waals surface area contributed by atoms with Crippen LogP contribution in [0.3, 0.4) is 0 Å². The van der Waals surface area contributed by atoms with E-state index in [1.54, 1.807) is 0 Å². The van der Waals surface area contributed by atoms with E-state index < -0.39 is 11.0 Å². The second kappa shape index (κ2) is 5.17. The molecule has 110 valence electrons. The normalized spacial score (nSPS) is 32.7. The highest BCUT2D eigenvalue weighted by atomic mass is 16.2. The lowest BCUT2D eigenvalue weighted by atomic mass is 9.86. The van der Waals surface area contributed by atoms with E-state index in [4.69, 9.17) is 0 Å². The number of nitrogens with one attached hydrogen (secondary N) is 1. The Balaban J connectivity index is 2.01. The van der Waals surface area contributed by atoms with E-state index in [9.17, 15) is 14.9 Å². The molecule has 20 heavy (non-hydrogen) atoms. The van der Waals surface area contributed by atoms with Crippen LogP contribution in [0, 0.1) is 22.7 Å². The summed E-state index contributed by atoms with van der Waals surface area (Å²) >= 11 is 0. The van der Waals surface area contributed by atoms with E-state index in [1.165, 1.54) is 4.90 Å². The van der Waals surface area contributed by atoms with E-state index in [0.717, 1.165) is 19.3 Å². The summed E-state index contributed by atoms with van der Waals surface area (Å²) in [5.74, 6) is 0.0549. The third-order valence-electron chi connectivity index (χ3n) is 4.89. The minimum Gasteiger partial charge on any atom is -0.302 e. The summed E-state index contributed by atoms with van der Waals surface area (Å²) in [7, 11) is 1.82. The minimum absolute atomic E-state index is 0.0764. The Morgan fingerprint density at radius 2 is 2.15 bits per heavy atom. The molecule has 2 fully saturated rings. The molecule has 1 heterocycles. The van der Waals surface area contributed by atoms with Crippen LogP contribution in [-0.4, -0.2) is 35.8 Å². The molecule has 1 saturated heterocycles. The number of likely N-dealkylation sites (tertiary alicyclic amines) is 1. The molecule has 2 amide bonds. The molecule has 0 bridgehead atoms. The van der Waals surface area contributed by atoms with Gasteiger partial charge < -0.3 is 5.32 Å². The maximum atomic E-state index is 12.2. The zero-order valence-electron chi connectivity index (χ0n) is 12.5. The SMILES string of the molecule is CNC1(C#N)CCCC1CCN1C(=O)CC(C)(C)C1=O. The van der Waals surface area contributed by atoms with Crippen LogP contribution >= 0.6 is 0 Å². The van der Waals surface area contributed by atoms with Crippen molar-refractivity contribution in [3.8, 4) is 6.07 Å². The second-order valence-corrected chi connectivity index (χ2v) is 6.62. The van der Waals surface area contributed by atoms with Gasteiger partial charge in [-0.25, -0.2) is 0 Å². The molecule has 5 nitrogen and oxygen atoms in total. The molecule has 1 aliphatic heterocycles. The van der Waals surface area contributed by atoms with E-state index in [-0.39, 0.29) is 17.7 Å². The Bertz CT molecular complexity index is 466. The first kappa shape index (κ1) is 15.0. The lowest BCUT2D eigenvalue weighted by Crippen LogP contribution is -2.46. The van der Waals surface area contributed by atoms with Crippen LogP contribution in [0.25, 0.3) is 0 Å². The zero-order valence-corrected chi connectivity index (χ0v) is 12.5. The molecule has 1 aliphatic carbocycles. The van der Waals surface area contributed by atoms with Gasteiger partial charge in [0.05, 0.1) is 11.5 Å². The van der Waals surface area contributed by atoms with Crippen molar-refractivity contribution in [2.75, 3.05) is 13.6 Å². The fourth-order valence-corrected chi connectivity index (χ4v) is 3.54. The van der Waals surface area contributed by atoms with Crippen LogP contribution in [0.5, 0.6) is 0 Å². The van der Waals surface area contributed by atoms with E-state index >= 15 is 0 Å². The van der Waals surface area contributed by atoms with E-state index in [1.807, 2.05) is 20.9 Å². The van der Waals surface area contributed by atoms with Crippen molar-refractivity contribution in [3.05, 3.63) is 0 Å². The molecule has 0 aromatic rings. The van der Waals surface area contributed by atoms with Gasteiger partial charge in [-0.05, 0) is 32.2 Å². The Hall–Kier alpha value is -1.41. The van der Waals surface area contributed by atoms with E-state index in [2.05, 4.69) is 11.4 Å². The van der Waals surface area contributed by atoms with Gasteiger partial charge >= 0.3 is 0 Å². The van der Waals surface area contributed by atoms with Gasteiger partial charge in [0.1, 0.15) is 5.54 Å². The minimum atomic E-state index is -0.567. The highest BCUT2D eigenvalue weighted by Gasteiger charge is 2.46. The number of carbonyl (C=O) groups is 2. The van der Waals surface area contributed by atoms with Gasteiger partial charge in [-0.1, -0.05) is 20.3 Å². The van der Waals surface area contributed by atoms with Crippen LogP contribution < -0.4 is 5.32 Å². The highest BCUT2D eigenvalue weighted by molar-refractivity contribution is 6.05. The predicted molar refractivity (Wildman–Crippen MR) is 74.5 cm³/mol. The Labute approximate surface area is 120 Å². The number of nitrogens with zero attached hydrogens (tertiary/aromatic N) is 2. The Morgan fingerprint density at radius 3 is 2.65 bits per heavy atom. The van der Waals surface area contributed by atoms with Gasteiger partial charge in [0.15, 0.2) is 0 Å². The number of rotatable bonds is 4. The highest BCUT2D eigenvalue weighted by Crippen LogP contribution is 2.38. The van der Waals surface area contributed by atoms with Crippen molar-refractivity contribution in [2.45, 2.75) is 51.5 Å². The van der Waals surface area contributed by atoms with Gasteiger partial charge in [0.25, 0.3) is 0 Å². The molecule has 0 aromatic carbocycles. The average molecular weight is 277 g/mol. The molecule has 0 aromatic heterocycles. The van der Waals surface area contributed by atoms with Gasteiger partial charge in [-0.15, -0.1) is 0 Å². The third kappa shape index (κ3) is 2.33. The number of hydrogen-bond acceptors (Lipinski definition) is 4. The molecule has 1 N–H and O–H groups in total. The summed E-state index contributed by atoms with van der Waals surface area (Å²) in [6, 6.07) is 2.39. The molecule has 0 radical (unpaired) electrons. The quantitative estimate of drug-likeness (QED) is 0.789. The largest absolute Gasteiger partial charge is 0.302 e. The average Bonchev–Trinajstić information content (AvgIpc) is 2.89. The standard InChI is InChI=1S/C15H23N3O2/c1-14(2)9-12(19)18(13(14)20)8-6-11-5-4-7-15(11,10-16)17-3/h11,17H,4-9H2,1-3H3. The molecule has 2 aliphatic rings. The Kier molecular flexibility index (Phi) is 3.88. The zero-order chi connectivity index (χ0) is 15.0. The van der Waals surface area contributed by atoms with Crippen LogP contribution in [0.4, 0.5) is 0 Å². The molecule has 0 spiro atoms. The van der Waals surface area contributed by atoms with Gasteiger partial charge in [-0.3, -0.25) is 14.5 Å². The first-order chi connectivity index (χ1) is 9.36. The fourth-order valence-electron chi connectivity index (χ4n) is 3.54. The number of imide groups is 1. The first-order valence-electron chi connectivity index (χ1n) is 7.31. The molecule has 2 unspecified atom stereocenters. The summed E-state index contributed by atoms with van der Waals surface area (Å²) < 4.78 is 0. The molecular formula is C15H23N3O2. The summed E-state index contributed by atoms with van der Waals surface area (Å²) in [6.45, 7) is 4.07. The Morgan fingerprint density at radius 1 is 1.45 bits per heavy atom. The number of nitriles is 1. The number of hydrogen-bond donors (Lipinski definition) is 1. The fraction of sp³-hybridized carbons (Fsp3) is 0.800. The monoisotopic (exact) mass is 277 g/mol. The molecule has 2 rings (SSSR count). The predicted octanol–water partition coefficient (Wildman–Crippen LogP) is 1.44. The lowest BCUT2D eigenvalue weighted by Gasteiger charge is -2.29. The third-order valence-corrected chi connectivity index (χ3v) is 4.89. The maximum absolute atomic E-state index is 12.2. The van der Waals surface area contributed by atoms with Gasteiger partial charge in [0, 0.05) is 13.0 Å². The van der Waals surface area contributed by atoms with E-state index in [0.29, 0.717) is 19.4 Å². The smallest absolute Gasteiger partial charge is 0.235 e. The maximum Gasteiger partial charge on any atom is 0.235 e. The molecule has 2 atom stereocenters. The first-order valence-corrected chi connectivity index (χ1v) is 7.31. The van der Waals surface area contributed by atoms with Crippen LogP contribution in [0.1, 0.15) is 46.0 Å². The topological polar surface area (TPSA) is 73.2 Å². The van der Waals surface area contributed by atoms with Crippen LogP contribution in [0.15, 0.2) is 0 Å². The summed E-state index contributed by atoms with van der Waals surface area (Å²) in [5.41, 5.74) is -1.05. The van der Waals surface area contributed by atoms with Crippen molar-refractivity contribution < 1.29 is 9.59 Å². The van der Waals surface area contributed by atoms with Crippen molar-refractivity contribution >= 4 is 11.8 Å². The molecule has 5 heteroatoms. The van der Waals surface area contributed by atoms with Crippen molar-refractivity contribution in [2.24, 2.45) is 11.3 Å². The van der Waals surface area contributed by atoms with Gasteiger partial charge in [0.2, 0.25) is 11.8 Å². The van der Waals surface area contributed by atoms with Crippen LogP contribution in [0.2, 0.25) is 0 Å². The number of amides is 2. The molecular weight excluding hydrogens is 254 g/mol. The summed E-state index contributed by atoms with van der Waals surface area (Å²) in [4.78, 5) is 25.5. The van der Waals surface area contributed by atoms with Crippen molar-refractivity contribution in [1.29, 1.82) is 5.26 Å². The summed E-state index contributed by atoms with van der Waals surface area (Å²) in [5, 5.41) is 12.5. The van der Waals surface area contributed by atoms with Crippen LogP contribution in [-0.2, 0) is 9.59 Å². The lowest BCUT2D eigenvalue weighted by molar-refractivity contribution is -0.141. The van der Waals surface area contributed by atoms with Crippen molar-refractivity contribution in [1.82, 2.24) is 10.2 Å². The second-order valence-electron chi connectivity index (χ2n) is 6.62. The van der Waals surface area contributed by atoms with Gasteiger partial charge in [-0.2, -0.15) is 5.26 Å². The summed E-state index contributed by atoms with van der Waals surface area (Å²) in [6.07, 6.45) is 3.85.